The van der Waals surface area contributed by atoms with Crippen LogP contribution < -0.4 is 15.8 Å². The monoisotopic (exact) mass is 310 g/mol. The second-order valence-corrected chi connectivity index (χ2v) is 4.86. The molecule has 0 aliphatic rings. The van der Waals surface area contributed by atoms with Crippen molar-refractivity contribution in [2.45, 2.75) is 0 Å². The van der Waals surface area contributed by atoms with E-state index in [9.17, 15) is 4.79 Å². The number of rotatable bonds is 3. The van der Waals surface area contributed by atoms with Crippen molar-refractivity contribution in [2.24, 2.45) is 0 Å². The van der Waals surface area contributed by atoms with Crippen LogP contribution in [0.15, 0.2) is 36.4 Å². The van der Waals surface area contributed by atoms with Gasteiger partial charge >= 0.3 is 0 Å². The molecule has 0 fully saturated rings. The van der Waals surface area contributed by atoms with Crippen molar-refractivity contribution in [3.63, 3.8) is 0 Å². The smallest absolute Gasteiger partial charge is 0.259 e. The zero-order valence-corrected chi connectivity index (χ0v) is 12.1. The molecule has 0 aliphatic heterocycles. The average Bonchev–Trinajstić information content (AvgIpc) is 2.43. The van der Waals surface area contributed by atoms with Crippen molar-refractivity contribution in [3.05, 3.63) is 52.0 Å². The summed E-state index contributed by atoms with van der Waals surface area (Å²) in [5, 5.41) is 3.50. The van der Waals surface area contributed by atoms with Gasteiger partial charge in [0.25, 0.3) is 5.91 Å². The number of anilines is 2. The van der Waals surface area contributed by atoms with Gasteiger partial charge in [-0.05, 0) is 36.4 Å². The average molecular weight is 311 g/mol. The van der Waals surface area contributed by atoms with Gasteiger partial charge in [-0.15, -0.1) is 0 Å². The van der Waals surface area contributed by atoms with Crippen molar-refractivity contribution in [3.8, 4) is 5.75 Å². The lowest BCUT2D eigenvalue weighted by Crippen LogP contribution is -2.13. The summed E-state index contributed by atoms with van der Waals surface area (Å²) in [4.78, 5) is 12.2. The van der Waals surface area contributed by atoms with E-state index in [0.29, 0.717) is 32.7 Å². The van der Waals surface area contributed by atoms with E-state index in [0.717, 1.165) is 0 Å². The number of methoxy groups -OCH3 is 1. The van der Waals surface area contributed by atoms with Crippen LogP contribution in [-0.2, 0) is 0 Å². The minimum Gasteiger partial charge on any atom is -0.496 e. The molecule has 2 aromatic carbocycles. The molecule has 0 aliphatic carbocycles. The lowest BCUT2D eigenvalue weighted by molar-refractivity contribution is 0.102. The molecule has 4 nitrogen and oxygen atoms in total. The summed E-state index contributed by atoms with van der Waals surface area (Å²) in [6.07, 6.45) is 0. The van der Waals surface area contributed by atoms with E-state index in [1.807, 2.05) is 0 Å². The highest BCUT2D eigenvalue weighted by Crippen LogP contribution is 2.26. The molecule has 2 rings (SSSR count). The Bertz CT molecular complexity index is 660. The number of nitrogens with one attached hydrogen (secondary N) is 1. The maximum Gasteiger partial charge on any atom is 0.259 e. The maximum absolute atomic E-state index is 12.2. The lowest BCUT2D eigenvalue weighted by Gasteiger charge is -2.10. The number of amides is 1. The zero-order chi connectivity index (χ0) is 14.7. The summed E-state index contributed by atoms with van der Waals surface area (Å²) in [6, 6.07) is 9.68. The predicted octanol–water partition coefficient (Wildman–Crippen LogP) is 3.84. The van der Waals surface area contributed by atoms with Crippen molar-refractivity contribution in [2.75, 3.05) is 18.2 Å². The molecular formula is C14H12Cl2N2O2. The quantitative estimate of drug-likeness (QED) is 0.847. The van der Waals surface area contributed by atoms with Crippen LogP contribution in [0.5, 0.6) is 5.75 Å². The van der Waals surface area contributed by atoms with Crippen LogP contribution in [0.4, 0.5) is 11.4 Å². The normalized spacial score (nSPS) is 10.2. The molecule has 1 amide bonds. The highest BCUT2D eigenvalue weighted by Gasteiger charge is 2.13. The Hall–Kier alpha value is -1.91. The summed E-state index contributed by atoms with van der Waals surface area (Å²) in [5.74, 6) is 0.101. The largest absolute Gasteiger partial charge is 0.496 e. The number of benzene rings is 2. The Kier molecular flexibility index (Phi) is 4.37. The van der Waals surface area contributed by atoms with Crippen LogP contribution in [-0.4, -0.2) is 13.0 Å². The van der Waals surface area contributed by atoms with Crippen LogP contribution >= 0.6 is 23.2 Å². The second kappa shape index (κ2) is 6.03. The topological polar surface area (TPSA) is 64.3 Å². The summed E-state index contributed by atoms with van der Waals surface area (Å²) >= 11 is 11.7. The summed E-state index contributed by atoms with van der Waals surface area (Å²) in [7, 11) is 1.49. The van der Waals surface area contributed by atoms with Crippen molar-refractivity contribution >= 4 is 40.5 Å². The highest BCUT2D eigenvalue weighted by molar-refractivity contribution is 6.42. The fourth-order valence-electron chi connectivity index (χ4n) is 1.68. The standard InChI is InChI=1S/C14H12Cl2N2O2/c1-20-13-5-2-8(17)6-10(13)14(19)18-9-3-4-11(15)12(16)7-9/h2-7H,17H2,1H3,(H,18,19). The van der Waals surface area contributed by atoms with Gasteiger partial charge in [-0.25, -0.2) is 0 Å². The van der Waals surface area contributed by atoms with Crippen molar-refractivity contribution < 1.29 is 9.53 Å². The molecule has 20 heavy (non-hydrogen) atoms. The van der Waals surface area contributed by atoms with Crippen LogP contribution in [0.25, 0.3) is 0 Å². The molecule has 104 valence electrons. The molecule has 0 atom stereocenters. The Morgan fingerprint density at radius 1 is 1.15 bits per heavy atom. The minimum atomic E-state index is -0.340. The Labute approximate surface area is 126 Å². The van der Waals surface area contributed by atoms with E-state index in [1.165, 1.54) is 7.11 Å². The first-order valence-corrected chi connectivity index (χ1v) is 6.47. The van der Waals surface area contributed by atoms with Crippen LogP contribution in [0.2, 0.25) is 10.0 Å². The predicted molar refractivity (Wildman–Crippen MR) is 81.8 cm³/mol. The number of hydrogen-bond donors (Lipinski definition) is 2. The van der Waals surface area contributed by atoms with Crippen LogP contribution in [0, 0.1) is 0 Å². The first kappa shape index (κ1) is 14.5. The number of ether oxygens (including phenoxy) is 1. The molecule has 0 spiro atoms. The van der Waals surface area contributed by atoms with E-state index in [2.05, 4.69) is 5.32 Å². The number of nitrogens with two attached hydrogens (primary N) is 1. The van der Waals surface area contributed by atoms with E-state index in [1.54, 1.807) is 36.4 Å². The van der Waals surface area contributed by atoms with E-state index >= 15 is 0 Å². The molecular weight excluding hydrogens is 299 g/mol. The van der Waals surface area contributed by atoms with Crippen LogP contribution in [0.3, 0.4) is 0 Å². The van der Waals surface area contributed by atoms with Crippen molar-refractivity contribution in [1.29, 1.82) is 0 Å². The third kappa shape index (κ3) is 3.15. The van der Waals surface area contributed by atoms with Gasteiger partial charge in [0.2, 0.25) is 0 Å². The highest BCUT2D eigenvalue weighted by atomic mass is 35.5. The number of halogens is 2. The Morgan fingerprint density at radius 2 is 1.90 bits per heavy atom. The van der Waals surface area contributed by atoms with Gasteiger partial charge in [0.05, 0.1) is 22.7 Å². The van der Waals surface area contributed by atoms with Gasteiger partial charge in [0, 0.05) is 11.4 Å². The molecule has 0 saturated heterocycles. The minimum absolute atomic E-state index is 0.340. The first-order valence-electron chi connectivity index (χ1n) is 5.71. The van der Waals surface area contributed by atoms with Gasteiger partial charge in [-0.1, -0.05) is 23.2 Å². The molecule has 0 radical (unpaired) electrons. The molecule has 2 aromatic rings. The maximum atomic E-state index is 12.2. The number of nitrogen functional groups attached to an aromatic ring is 1. The molecule has 6 heteroatoms. The zero-order valence-electron chi connectivity index (χ0n) is 10.6. The molecule has 0 bridgehead atoms. The van der Waals surface area contributed by atoms with Crippen LogP contribution in [0.1, 0.15) is 10.4 Å². The summed E-state index contributed by atoms with van der Waals surface area (Å²) in [6.45, 7) is 0. The lowest BCUT2D eigenvalue weighted by atomic mass is 10.1. The fraction of sp³-hybridized carbons (Fsp3) is 0.0714. The molecule has 0 heterocycles. The fourth-order valence-corrected chi connectivity index (χ4v) is 1.97. The van der Waals surface area contributed by atoms with Gasteiger partial charge in [0.1, 0.15) is 5.75 Å². The van der Waals surface area contributed by atoms with Crippen molar-refractivity contribution in [1.82, 2.24) is 0 Å². The molecule has 3 N–H and O–H groups in total. The number of carbonyl (C=O) groups excluding carboxylic acids is 1. The Morgan fingerprint density at radius 3 is 2.55 bits per heavy atom. The van der Waals surface area contributed by atoms with Gasteiger partial charge in [-0.2, -0.15) is 0 Å². The third-order valence-corrected chi connectivity index (χ3v) is 3.38. The molecule has 0 unspecified atom stereocenters. The van der Waals surface area contributed by atoms with Gasteiger partial charge < -0.3 is 15.8 Å². The SMILES string of the molecule is COc1ccc(N)cc1C(=O)Nc1ccc(Cl)c(Cl)c1. The summed E-state index contributed by atoms with van der Waals surface area (Å²) < 4.78 is 5.14. The molecule has 0 saturated carbocycles. The summed E-state index contributed by atoms with van der Waals surface area (Å²) in [5.41, 5.74) is 7.04. The van der Waals surface area contributed by atoms with E-state index in [-0.39, 0.29) is 5.91 Å². The number of carbonyl (C=O) groups is 1. The Balaban J connectivity index is 2.27. The van der Waals surface area contributed by atoms with E-state index in [4.69, 9.17) is 33.7 Å². The number of hydrogen-bond acceptors (Lipinski definition) is 3. The third-order valence-electron chi connectivity index (χ3n) is 2.65. The van der Waals surface area contributed by atoms with E-state index < -0.39 is 0 Å². The second-order valence-electron chi connectivity index (χ2n) is 4.04. The first-order chi connectivity index (χ1) is 9.51. The molecule has 0 aromatic heterocycles. The van der Waals surface area contributed by atoms with Gasteiger partial charge in [0.15, 0.2) is 0 Å². The van der Waals surface area contributed by atoms with Gasteiger partial charge in [-0.3, -0.25) is 4.79 Å².